The van der Waals surface area contributed by atoms with Crippen LogP contribution < -0.4 is 5.32 Å². The van der Waals surface area contributed by atoms with Gasteiger partial charge in [0, 0.05) is 23.8 Å². The molecule has 1 heterocycles. The van der Waals surface area contributed by atoms with Gasteiger partial charge in [-0.15, -0.1) is 11.8 Å². The maximum atomic E-state index is 11.3. The van der Waals surface area contributed by atoms with Crippen molar-refractivity contribution in [3.8, 4) is 0 Å². The minimum atomic E-state index is 0.0276. The van der Waals surface area contributed by atoms with Crippen molar-refractivity contribution in [2.45, 2.75) is 11.8 Å². The van der Waals surface area contributed by atoms with Crippen LogP contribution in [-0.4, -0.2) is 23.2 Å². The second kappa shape index (κ2) is 6.24. The third-order valence-electron chi connectivity index (χ3n) is 1.61. The van der Waals surface area contributed by atoms with E-state index >= 15 is 0 Å². The van der Waals surface area contributed by atoms with E-state index in [0.29, 0.717) is 12.3 Å². The summed E-state index contributed by atoms with van der Waals surface area (Å²) in [5.74, 6) is 0.455. The molecule has 0 aliphatic rings. The minimum absolute atomic E-state index is 0.0276. The van der Waals surface area contributed by atoms with Crippen LogP contribution in [0.25, 0.3) is 0 Å². The Hall–Kier alpha value is -1.29. The van der Waals surface area contributed by atoms with Gasteiger partial charge >= 0.3 is 0 Å². The van der Waals surface area contributed by atoms with Crippen LogP contribution in [0.15, 0.2) is 41.6 Å². The molecule has 4 heteroatoms. The van der Waals surface area contributed by atoms with Gasteiger partial charge in [0.05, 0.1) is 5.75 Å². The number of nitrogens with zero attached hydrogens (tertiary/aromatic N) is 1. The predicted molar refractivity (Wildman–Crippen MR) is 62.8 cm³/mol. The topological polar surface area (TPSA) is 42.0 Å². The third kappa shape index (κ3) is 5.22. The summed E-state index contributed by atoms with van der Waals surface area (Å²) in [6, 6.07) is 3.77. The van der Waals surface area contributed by atoms with Crippen LogP contribution >= 0.6 is 11.8 Å². The normalized spacial score (nSPS) is 9.67. The van der Waals surface area contributed by atoms with Gasteiger partial charge < -0.3 is 5.32 Å². The standard InChI is InChI=1S/C11H14N2OS/c1-9(2)7-13-11(14)8-15-10-3-5-12-6-4-10/h3-6H,1,7-8H2,2H3,(H,13,14). The van der Waals surface area contributed by atoms with Crippen LogP contribution in [0.2, 0.25) is 0 Å². The van der Waals surface area contributed by atoms with Gasteiger partial charge in [-0.25, -0.2) is 0 Å². The van der Waals surface area contributed by atoms with Crippen LogP contribution in [0.5, 0.6) is 0 Å². The number of amides is 1. The van der Waals surface area contributed by atoms with E-state index in [2.05, 4.69) is 16.9 Å². The van der Waals surface area contributed by atoms with Gasteiger partial charge in [0.25, 0.3) is 0 Å². The molecule has 0 unspecified atom stereocenters. The van der Waals surface area contributed by atoms with Crippen LogP contribution in [0.1, 0.15) is 6.92 Å². The lowest BCUT2D eigenvalue weighted by Gasteiger charge is -2.04. The molecule has 0 bridgehead atoms. The molecule has 0 fully saturated rings. The lowest BCUT2D eigenvalue weighted by Crippen LogP contribution is -2.26. The van der Waals surface area contributed by atoms with E-state index in [1.54, 1.807) is 12.4 Å². The van der Waals surface area contributed by atoms with Crippen LogP contribution in [0.4, 0.5) is 0 Å². The fourth-order valence-corrected chi connectivity index (χ4v) is 1.60. The first-order chi connectivity index (χ1) is 7.18. The molecule has 15 heavy (non-hydrogen) atoms. The van der Waals surface area contributed by atoms with Gasteiger partial charge in [0.15, 0.2) is 0 Å². The number of hydrogen-bond acceptors (Lipinski definition) is 3. The summed E-state index contributed by atoms with van der Waals surface area (Å²) in [6.45, 7) is 6.15. The summed E-state index contributed by atoms with van der Waals surface area (Å²) < 4.78 is 0. The molecule has 80 valence electrons. The lowest BCUT2D eigenvalue weighted by molar-refractivity contribution is -0.118. The van der Waals surface area contributed by atoms with Gasteiger partial charge in [-0.05, 0) is 19.1 Å². The molecule has 0 saturated heterocycles. The molecular weight excluding hydrogens is 208 g/mol. The van der Waals surface area contributed by atoms with E-state index in [4.69, 9.17) is 0 Å². The van der Waals surface area contributed by atoms with Gasteiger partial charge in [0.2, 0.25) is 5.91 Å². The van der Waals surface area contributed by atoms with E-state index in [9.17, 15) is 4.79 Å². The van der Waals surface area contributed by atoms with E-state index in [1.165, 1.54) is 11.8 Å². The zero-order chi connectivity index (χ0) is 11.1. The Bertz CT molecular complexity index is 338. The largest absolute Gasteiger partial charge is 0.352 e. The highest BCUT2D eigenvalue weighted by Crippen LogP contribution is 2.15. The van der Waals surface area contributed by atoms with Crippen molar-refractivity contribution in [3.63, 3.8) is 0 Å². The zero-order valence-electron chi connectivity index (χ0n) is 8.69. The van der Waals surface area contributed by atoms with Gasteiger partial charge in [-0.1, -0.05) is 12.2 Å². The molecule has 3 nitrogen and oxygen atoms in total. The molecule has 1 aromatic rings. The van der Waals surface area contributed by atoms with Crippen molar-refractivity contribution in [2.24, 2.45) is 0 Å². The minimum Gasteiger partial charge on any atom is -0.352 e. The molecule has 0 aliphatic carbocycles. The number of nitrogens with one attached hydrogen (secondary N) is 1. The molecule has 1 rings (SSSR count). The number of aromatic nitrogens is 1. The summed E-state index contributed by atoms with van der Waals surface area (Å²) >= 11 is 1.50. The molecule has 1 aromatic heterocycles. The highest BCUT2D eigenvalue weighted by molar-refractivity contribution is 8.00. The fraction of sp³-hybridized carbons (Fsp3) is 0.273. The zero-order valence-corrected chi connectivity index (χ0v) is 9.51. The van der Waals surface area contributed by atoms with Crippen LogP contribution in [-0.2, 0) is 4.79 Å². The highest BCUT2D eigenvalue weighted by Gasteiger charge is 2.01. The first-order valence-electron chi connectivity index (χ1n) is 4.62. The third-order valence-corrected chi connectivity index (χ3v) is 2.62. The summed E-state index contributed by atoms with van der Waals surface area (Å²) in [6.07, 6.45) is 3.43. The van der Waals surface area contributed by atoms with Crippen LogP contribution in [0, 0.1) is 0 Å². The average Bonchev–Trinajstić information content (AvgIpc) is 2.25. The fourth-order valence-electron chi connectivity index (χ4n) is 0.884. The Balaban J connectivity index is 2.26. The Morgan fingerprint density at radius 1 is 1.53 bits per heavy atom. The number of carbonyl (C=O) groups excluding carboxylic acids is 1. The molecule has 1 amide bonds. The molecule has 0 saturated carbocycles. The first kappa shape index (κ1) is 11.8. The Morgan fingerprint density at radius 2 is 2.20 bits per heavy atom. The first-order valence-corrected chi connectivity index (χ1v) is 5.61. The summed E-state index contributed by atoms with van der Waals surface area (Å²) in [5.41, 5.74) is 0.956. The van der Waals surface area contributed by atoms with E-state index in [-0.39, 0.29) is 5.91 Å². The molecule has 0 radical (unpaired) electrons. The second-order valence-electron chi connectivity index (χ2n) is 3.21. The molecule has 1 N–H and O–H groups in total. The summed E-state index contributed by atoms with van der Waals surface area (Å²) in [5, 5.41) is 2.78. The van der Waals surface area contributed by atoms with Crippen molar-refractivity contribution in [1.29, 1.82) is 0 Å². The Labute approximate surface area is 94.0 Å². The Kier molecular flexibility index (Phi) is 4.90. The molecule has 0 atom stereocenters. The van der Waals surface area contributed by atoms with Crippen molar-refractivity contribution in [2.75, 3.05) is 12.3 Å². The second-order valence-corrected chi connectivity index (χ2v) is 4.25. The van der Waals surface area contributed by atoms with Gasteiger partial charge in [0.1, 0.15) is 0 Å². The predicted octanol–water partition coefficient (Wildman–Crippen LogP) is 1.87. The van der Waals surface area contributed by atoms with E-state index in [0.717, 1.165) is 10.5 Å². The van der Waals surface area contributed by atoms with Gasteiger partial charge in [-0.3, -0.25) is 9.78 Å². The van der Waals surface area contributed by atoms with Crippen molar-refractivity contribution in [3.05, 3.63) is 36.7 Å². The maximum Gasteiger partial charge on any atom is 0.230 e. The van der Waals surface area contributed by atoms with Crippen molar-refractivity contribution >= 4 is 17.7 Å². The quantitative estimate of drug-likeness (QED) is 0.611. The number of hydrogen-bond donors (Lipinski definition) is 1. The number of pyridine rings is 1. The molecule has 0 spiro atoms. The van der Waals surface area contributed by atoms with Crippen molar-refractivity contribution in [1.82, 2.24) is 10.3 Å². The SMILES string of the molecule is C=C(C)CNC(=O)CSc1ccncc1. The summed E-state index contributed by atoms with van der Waals surface area (Å²) in [7, 11) is 0. The molecule has 0 aromatic carbocycles. The molecule has 0 aliphatic heterocycles. The maximum absolute atomic E-state index is 11.3. The Morgan fingerprint density at radius 3 is 2.80 bits per heavy atom. The molecular formula is C11H14N2OS. The van der Waals surface area contributed by atoms with Crippen molar-refractivity contribution < 1.29 is 4.79 Å². The number of thioether (sulfide) groups is 1. The van der Waals surface area contributed by atoms with Gasteiger partial charge in [-0.2, -0.15) is 0 Å². The average molecular weight is 222 g/mol. The van der Waals surface area contributed by atoms with Crippen LogP contribution in [0.3, 0.4) is 0 Å². The van der Waals surface area contributed by atoms with E-state index in [1.807, 2.05) is 19.1 Å². The summed E-state index contributed by atoms with van der Waals surface area (Å²) in [4.78, 5) is 16.3. The van der Waals surface area contributed by atoms with E-state index < -0.39 is 0 Å². The smallest absolute Gasteiger partial charge is 0.230 e. The monoisotopic (exact) mass is 222 g/mol. The number of carbonyl (C=O) groups is 1. The lowest BCUT2D eigenvalue weighted by atomic mass is 10.3. The number of rotatable bonds is 5. The highest BCUT2D eigenvalue weighted by atomic mass is 32.2.